The molecular weight excluding hydrogens is 250 g/mol. The zero-order chi connectivity index (χ0) is 13.2. The van der Waals surface area contributed by atoms with Crippen LogP contribution in [0, 0.1) is 5.92 Å². The van der Waals surface area contributed by atoms with Crippen LogP contribution in [0.1, 0.15) is 19.3 Å². The first-order chi connectivity index (χ1) is 8.47. The molecule has 5 nitrogen and oxygen atoms in total. The first-order valence-electron chi connectivity index (χ1n) is 6.09. The highest BCUT2D eigenvalue weighted by Gasteiger charge is 2.23. The molecule has 18 heavy (non-hydrogen) atoms. The highest BCUT2D eigenvalue weighted by molar-refractivity contribution is 7.89. The summed E-state index contributed by atoms with van der Waals surface area (Å²) in [6.45, 7) is 0.829. The van der Waals surface area contributed by atoms with E-state index in [2.05, 4.69) is 5.32 Å². The standard InChI is InChI=1S/C12H19N3O2S/c13-12-3-1-2-9(12)8-15-10-4-6-11(7-5-10)18(14,16)17/h4-7,9,12,15H,1-3,8,13H2,(H2,14,16,17). The van der Waals surface area contributed by atoms with E-state index in [1.54, 1.807) is 12.1 Å². The SMILES string of the molecule is NC1CCCC1CNc1ccc(S(N)(=O)=O)cc1. The summed E-state index contributed by atoms with van der Waals surface area (Å²) >= 11 is 0. The van der Waals surface area contributed by atoms with Crippen LogP contribution in [0.25, 0.3) is 0 Å². The van der Waals surface area contributed by atoms with E-state index in [9.17, 15) is 8.42 Å². The van der Waals surface area contributed by atoms with E-state index >= 15 is 0 Å². The zero-order valence-corrected chi connectivity index (χ0v) is 11.0. The molecule has 5 N–H and O–H groups in total. The number of nitrogens with one attached hydrogen (secondary N) is 1. The summed E-state index contributed by atoms with van der Waals surface area (Å²) in [4.78, 5) is 0.130. The Hall–Kier alpha value is -1.11. The number of anilines is 1. The molecule has 1 aliphatic rings. The fraction of sp³-hybridized carbons (Fsp3) is 0.500. The van der Waals surface area contributed by atoms with E-state index in [4.69, 9.17) is 10.9 Å². The molecule has 1 saturated carbocycles. The highest BCUT2D eigenvalue weighted by atomic mass is 32.2. The van der Waals surface area contributed by atoms with Crippen LogP contribution in [0.3, 0.4) is 0 Å². The van der Waals surface area contributed by atoms with Gasteiger partial charge in [0.25, 0.3) is 0 Å². The largest absolute Gasteiger partial charge is 0.385 e. The van der Waals surface area contributed by atoms with Crippen LogP contribution < -0.4 is 16.2 Å². The molecule has 0 saturated heterocycles. The van der Waals surface area contributed by atoms with Crippen molar-refractivity contribution in [2.24, 2.45) is 16.8 Å². The minimum Gasteiger partial charge on any atom is -0.385 e. The molecule has 0 bridgehead atoms. The van der Waals surface area contributed by atoms with Gasteiger partial charge in [-0.1, -0.05) is 6.42 Å². The molecule has 100 valence electrons. The van der Waals surface area contributed by atoms with Crippen molar-refractivity contribution in [1.29, 1.82) is 0 Å². The van der Waals surface area contributed by atoms with Gasteiger partial charge in [-0.15, -0.1) is 0 Å². The van der Waals surface area contributed by atoms with Crippen molar-refractivity contribution < 1.29 is 8.42 Å². The van der Waals surface area contributed by atoms with E-state index in [0.29, 0.717) is 5.92 Å². The van der Waals surface area contributed by atoms with Gasteiger partial charge in [0.1, 0.15) is 0 Å². The van der Waals surface area contributed by atoms with Crippen molar-refractivity contribution in [1.82, 2.24) is 0 Å². The second-order valence-corrected chi connectivity index (χ2v) is 6.37. The lowest BCUT2D eigenvalue weighted by Crippen LogP contribution is -2.29. The summed E-state index contributed by atoms with van der Waals surface area (Å²) < 4.78 is 22.2. The molecule has 2 unspecified atom stereocenters. The van der Waals surface area contributed by atoms with Gasteiger partial charge in [-0.05, 0) is 43.0 Å². The number of benzene rings is 1. The average Bonchev–Trinajstić information content (AvgIpc) is 2.72. The van der Waals surface area contributed by atoms with Gasteiger partial charge in [0.15, 0.2) is 0 Å². The van der Waals surface area contributed by atoms with Crippen LogP contribution in [-0.4, -0.2) is 21.0 Å². The number of nitrogens with two attached hydrogens (primary N) is 2. The second-order valence-electron chi connectivity index (χ2n) is 4.81. The quantitative estimate of drug-likeness (QED) is 0.755. The lowest BCUT2D eigenvalue weighted by Gasteiger charge is -2.16. The second kappa shape index (κ2) is 5.26. The van der Waals surface area contributed by atoms with E-state index in [1.807, 2.05) is 0 Å². The predicted molar refractivity (Wildman–Crippen MR) is 71.6 cm³/mol. The number of rotatable bonds is 4. The van der Waals surface area contributed by atoms with Crippen molar-refractivity contribution in [3.05, 3.63) is 24.3 Å². The molecule has 1 aromatic rings. The molecule has 0 heterocycles. The first-order valence-corrected chi connectivity index (χ1v) is 7.64. The van der Waals surface area contributed by atoms with Crippen LogP contribution in [0.4, 0.5) is 5.69 Å². The van der Waals surface area contributed by atoms with Gasteiger partial charge in [0.05, 0.1) is 4.90 Å². The third kappa shape index (κ3) is 3.22. The summed E-state index contributed by atoms with van der Waals surface area (Å²) in [5.74, 6) is 0.503. The van der Waals surface area contributed by atoms with Crippen LogP contribution in [-0.2, 0) is 10.0 Å². The van der Waals surface area contributed by atoms with Gasteiger partial charge < -0.3 is 11.1 Å². The van der Waals surface area contributed by atoms with E-state index in [-0.39, 0.29) is 10.9 Å². The Kier molecular flexibility index (Phi) is 3.89. The van der Waals surface area contributed by atoms with Crippen LogP contribution in [0.15, 0.2) is 29.2 Å². The number of sulfonamides is 1. The van der Waals surface area contributed by atoms with E-state index in [1.165, 1.54) is 18.6 Å². The monoisotopic (exact) mass is 269 g/mol. The molecule has 1 fully saturated rings. The summed E-state index contributed by atoms with van der Waals surface area (Å²) in [5, 5.41) is 8.31. The van der Waals surface area contributed by atoms with Gasteiger partial charge >= 0.3 is 0 Å². The van der Waals surface area contributed by atoms with Crippen LogP contribution >= 0.6 is 0 Å². The van der Waals surface area contributed by atoms with Crippen molar-refractivity contribution in [2.75, 3.05) is 11.9 Å². The Morgan fingerprint density at radius 3 is 2.39 bits per heavy atom. The minimum absolute atomic E-state index is 0.130. The topological polar surface area (TPSA) is 98.2 Å². The number of primary sulfonamides is 1. The Labute approximate surface area is 108 Å². The van der Waals surface area contributed by atoms with Crippen molar-refractivity contribution in [2.45, 2.75) is 30.2 Å². The summed E-state index contributed by atoms with van der Waals surface area (Å²) in [5.41, 5.74) is 6.88. The summed E-state index contributed by atoms with van der Waals surface area (Å²) in [7, 11) is -3.61. The molecule has 2 atom stereocenters. The fourth-order valence-corrected chi connectivity index (χ4v) is 2.85. The Morgan fingerprint density at radius 1 is 1.22 bits per heavy atom. The van der Waals surface area contributed by atoms with Crippen LogP contribution in [0.2, 0.25) is 0 Å². The molecule has 0 spiro atoms. The van der Waals surface area contributed by atoms with Gasteiger partial charge in [0.2, 0.25) is 10.0 Å². The third-order valence-corrected chi connectivity index (χ3v) is 4.40. The Balaban J connectivity index is 1.94. The molecule has 1 aromatic carbocycles. The third-order valence-electron chi connectivity index (χ3n) is 3.47. The maximum atomic E-state index is 11.1. The lowest BCUT2D eigenvalue weighted by atomic mass is 10.0. The molecule has 0 amide bonds. The number of hydrogen-bond acceptors (Lipinski definition) is 4. The summed E-state index contributed by atoms with van der Waals surface area (Å²) in [6.07, 6.45) is 3.44. The normalized spacial score (nSPS) is 24.1. The van der Waals surface area contributed by atoms with Crippen LogP contribution in [0.5, 0.6) is 0 Å². The summed E-state index contributed by atoms with van der Waals surface area (Å²) in [6, 6.07) is 6.74. The van der Waals surface area contributed by atoms with Gasteiger partial charge in [-0.2, -0.15) is 0 Å². The van der Waals surface area contributed by atoms with Crippen molar-refractivity contribution in [3.63, 3.8) is 0 Å². The molecule has 6 heteroatoms. The maximum Gasteiger partial charge on any atom is 0.238 e. The van der Waals surface area contributed by atoms with Gasteiger partial charge in [-0.25, -0.2) is 13.6 Å². The average molecular weight is 269 g/mol. The molecule has 0 aliphatic heterocycles. The van der Waals surface area contributed by atoms with Gasteiger partial charge in [-0.3, -0.25) is 0 Å². The molecule has 0 radical (unpaired) electrons. The fourth-order valence-electron chi connectivity index (χ4n) is 2.33. The highest BCUT2D eigenvalue weighted by Crippen LogP contribution is 2.24. The smallest absolute Gasteiger partial charge is 0.238 e. The molecule has 1 aliphatic carbocycles. The first kappa shape index (κ1) is 13.3. The Bertz CT molecular complexity index is 499. The van der Waals surface area contributed by atoms with Crippen molar-refractivity contribution in [3.8, 4) is 0 Å². The molecular formula is C12H19N3O2S. The Morgan fingerprint density at radius 2 is 1.89 bits per heavy atom. The van der Waals surface area contributed by atoms with Crippen molar-refractivity contribution >= 4 is 15.7 Å². The molecule has 2 rings (SSSR count). The van der Waals surface area contributed by atoms with E-state index in [0.717, 1.165) is 25.1 Å². The lowest BCUT2D eigenvalue weighted by molar-refractivity contribution is 0.505. The maximum absolute atomic E-state index is 11.1. The van der Waals surface area contributed by atoms with Gasteiger partial charge in [0, 0.05) is 18.3 Å². The molecule has 0 aromatic heterocycles. The predicted octanol–water partition coefficient (Wildman–Crippen LogP) is 0.873. The number of hydrogen-bond donors (Lipinski definition) is 3. The van der Waals surface area contributed by atoms with E-state index < -0.39 is 10.0 Å². The zero-order valence-electron chi connectivity index (χ0n) is 10.2. The minimum atomic E-state index is -3.61.